The summed E-state index contributed by atoms with van der Waals surface area (Å²) in [5, 5.41) is 0. The molecule has 1 atom stereocenters. The van der Waals surface area contributed by atoms with Crippen LogP contribution in [-0.4, -0.2) is 62.6 Å². The Bertz CT molecular complexity index is 1120. The zero-order chi connectivity index (χ0) is 21.4. The van der Waals surface area contributed by atoms with Crippen molar-refractivity contribution < 1.29 is 19.1 Å². The summed E-state index contributed by atoms with van der Waals surface area (Å²) in [5.74, 6) is -0.285. The van der Waals surface area contributed by atoms with Crippen LogP contribution in [0.2, 0.25) is 0 Å². The third kappa shape index (κ3) is 3.49. The number of piperidine rings is 1. The van der Waals surface area contributed by atoms with Gasteiger partial charge in [-0.05, 0) is 25.0 Å². The van der Waals surface area contributed by atoms with Gasteiger partial charge in [0.15, 0.2) is 0 Å². The van der Waals surface area contributed by atoms with Crippen LogP contribution >= 0.6 is 0 Å². The van der Waals surface area contributed by atoms with Gasteiger partial charge in [0.1, 0.15) is 6.10 Å². The number of fused-ring (bicyclic) bond motifs is 1. The van der Waals surface area contributed by atoms with Crippen LogP contribution in [0.4, 0.5) is 0 Å². The van der Waals surface area contributed by atoms with Gasteiger partial charge in [0.05, 0.1) is 42.0 Å². The Hall–Kier alpha value is -3.49. The number of ether oxygens (including phenoxy) is 2. The smallest absolute Gasteiger partial charge is 0.316 e. The molecule has 2 aliphatic rings. The summed E-state index contributed by atoms with van der Waals surface area (Å²) in [7, 11) is 1.48. The van der Waals surface area contributed by atoms with E-state index < -0.39 is 5.41 Å². The minimum atomic E-state index is -0.520. The molecule has 0 aliphatic carbocycles. The van der Waals surface area contributed by atoms with Crippen molar-refractivity contribution in [1.29, 1.82) is 0 Å². The molecule has 1 amide bonds. The number of rotatable bonds is 4. The maximum absolute atomic E-state index is 12.8. The van der Waals surface area contributed by atoms with E-state index in [2.05, 4.69) is 15.0 Å². The summed E-state index contributed by atoms with van der Waals surface area (Å²) >= 11 is 0. The molecule has 31 heavy (non-hydrogen) atoms. The van der Waals surface area contributed by atoms with Crippen LogP contribution in [0.1, 0.15) is 29.6 Å². The predicted molar refractivity (Wildman–Crippen MR) is 110 cm³/mol. The number of methoxy groups -OCH3 is 1. The third-order valence-corrected chi connectivity index (χ3v) is 6.32. The van der Waals surface area contributed by atoms with Crippen LogP contribution in [0.5, 0.6) is 6.01 Å². The molecule has 160 valence electrons. The van der Waals surface area contributed by atoms with Crippen LogP contribution in [0.15, 0.2) is 43.0 Å². The second kappa shape index (κ2) is 7.64. The number of hydrogen-bond acceptors (Lipinski definition) is 7. The lowest BCUT2D eigenvalue weighted by molar-refractivity contribution is -0.150. The van der Waals surface area contributed by atoms with Gasteiger partial charge in [-0.2, -0.15) is 0 Å². The minimum Gasteiger partial charge on any atom is -0.467 e. The van der Waals surface area contributed by atoms with Crippen molar-refractivity contribution in [3.8, 4) is 6.01 Å². The number of para-hydroxylation sites is 2. The van der Waals surface area contributed by atoms with Crippen molar-refractivity contribution in [2.45, 2.75) is 31.9 Å². The Labute approximate surface area is 179 Å². The molecule has 4 heterocycles. The molecule has 1 spiro atoms. The molecule has 5 rings (SSSR count). The van der Waals surface area contributed by atoms with Crippen molar-refractivity contribution >= 4 is 22.9 Å². The van der Waals surface area contributed by atoms with E-state index >= 15 is 0 Å². The number of esters is 1. The fraction of sp³-hybridized carbons (Fsp3) is 0.409. The van der Waals surface area contributed by atoms with E-state index in [0.29, 0.717) is 44.5 Å². The number of likely N-dealkylation sites (tertiary alicyclic amines) is 1. The molecule has 9 heteroatoms. The number of nitrogens with zero attached hydrogens (tertiary/aromatic N) is 5. The first-order chi connectivity index (χ1) is 15.1. The summed E-state index contributed by atoms with van der Waals surface area (Å²) < 4.78 is 12.7. The second-order valence-electron chi connectivity index (χ2n) is 8.15. The molecule has 3 aromatic rings. The standard InChI is InChI=1S/C22H23N5O4/c1-30-21-23-11-15(12-24-21)19(28)26-8-6-22(7-9-26)10-16(31-20(22)29)13-27-14-25-17-4-2-3-5-18(17)27/h2-5,11-12,14,16H,6-10,13H2,1H3. The zero-order valence-electron chi connectivity index (χ0n) is 17.2. The topological polar surface area (TPSA) is 99.4 Å². The first-order valence-electron chi connectivity index (χ1n) is 10.3. The monoisotopic (exact) mass is 421 g/mol. The number of benzene rings is 1. The van der Waals surface area contributed by atoms with Gasteiger partial charge in [-0.25, -0.2) is 15.0 Å². The molecule has 9 nitrogen and oxygen atoms in total. The Kier molecular flexibility index (Phi) is 4.80. The molecule has 0 N–H and O–H groups in total. The van der Waals surface area contributed by atoms with E-state index in [-0.39, 0.29) is 24.0 Å². The quantitative estimate of drug-likeness (QED) is 0.595. The second-order valence-corrected chi connectivity index (χ2v) is 8.15. The number of aromatic nitrogens is 4. The predicted octanol–water partition coefficient (Wildman–Crippen LogP) is 2.07. The summed E-state index contributed by atoms with van der Waals surface area (Å²) in [6.07, 6.45) is 6.38. The van der Waals surface area contributed by atoms with E-state index in [9.17, 15) is 9.59 Å². The van der Waals surface area contributed by atoms with Crippen molar-refractivity contribution in [2.24, 2.45) is 5.41 Å². The average molecular weight is 421 g/mol. The Balaban J connectivity index is 1.23. The van der Waals surface area contributed by atoms with Gasteiger partial charge < -0.3 is 18.9 Å². The number of carbonyl (C=O) groups excluding carboxylic acids is 2. The number of imidazole rings is 1. The number of carbonyl (C=O) groups is 2. The Morgan fingerprint density at radius 3 is 2.68 bits per heavy atom. The highest BCUT2D eigenvalue weighted by Crippen LogP contribution is 2.43. The van der Waals surface area contributed by atoms with Gasteiger partial charge in [-0.3, -0.25) is 9.59 Å². The van der Waals surface area contributed by atoms with E-state index in [0.717, 1.165) is 11.0 Å². The van der Waals surface area contributed by atoms with Crippen LogP contribution in [0, 0.1) is 5.41 Å². The lowest BCUT2D eigenvalue weighted by Crippen LogP contribution is -2.45. The van der Waals surface area contributed by atoms with Crippen LogP contribution in [0.3, 0.4) is 0 Å². The maximum Gasteiger partial charge on any atom is 0.316 e. The summed E-state index contributed by atoms with van der Waals surface area (Å²) in [5.41, 5.74) is 1.85. The highest BCUT2D eigenvalue weighted by atomic mass is 16.6. The minimum absolute atomic E-state index is 0.134. The molecule has 0 bridgehead atoms. The lowest BCUT2D eigenvalue weighted by atomic mass is 9.76. The van der Waals surface area contributed by atoms with Crippen molar-refractivity contribution in [3.63, 3.8) is 0 Å². The number of cyclic esters (lactones) is 1. The normalized spacial score (nSPS) is 20.2. The van der Waals surface area contributed by atoms with E-state index in [1.165, 1.54) is 19.5 Å². The average Bonchev–Trinajstić information content (AvgIpc) is 3.35. The molecule has 2 saturated heterocycles. The Morgan fingerprint density at radius 1 is 1.19 bits per heavy atom. The van der Waals surface area contributed by atoms with Gasteiger partial charge in [0, 0.05) is 31.9 Å². The molecule has 1 unspecified atom stereocenters. The molecule has 1 aromatic carbocycles. The molecule has 0 radical (unpaired) electrons. The first kappa shape index (κ1) is 19.5. The van der Waals surface area contributed by atoms with E-state index in [1.807, 2.05) is 28.8 Å². The van der Waals surface area contributed by atoms with Gasteiger partial charge in [-0.15, -0.1) is 0 Å². The van der Waals surface area contributed by atoms with Crippen LogP contribution in [-0.2, 0) is 16.1 Å². The summed E-state index contributed by atoms with van der Waals surface area (Å²) in [6.45, 7) is 1.58. The molecular weight excluding hydrogens is 398 g/mol. The third-order valence-electron chi connectivity index (χ3n) is 6.32. The highest BCUT2D eigenvalue weighted by Gasteiger charge is 2.51. The maximum atomic E-state index is 12.8. The van der Waals surface area contributed by atoms with Crippen molar-refractivity contribution in [1.82, 2.24) is 24.4 Å². The molecule has 2 aliphatic heterocycles. The number of amides is 1. The van der Waals surface area contributed by atoms with Gasteiger partial charge >= 0.3 is 12.0 Å². The van der Waals surface area contributed by atoms with Gasteiger partial charge in [0.25, 0.3) is 5.91 Å². The number of hydrogen-bond donors (Lipinski definition) is 0. The molecular formula is C22H23N5O4. The van der Waals surface area contributed by atoms with Gasteiger partial charge in [0.2, 0.25) is 0 Å². The molecule has 2 fully saturated rings. The fourth-order valence-corrected chi connectivity index (χ4v) is 4.57. The van der Waals surface area contributed by atoms with Crippen LogP contribution < -0.4 is 4.74 Å². The largest absolute Gasteiger partial charge is 0.467 e. The first-order valence-corrected chi connectivity index (χ1v) is 10.3. The van der Waals surface area contributed by atoms with Crippen molar-refractivity contribution in [2.75, 3.05) is 20.2 Å². The highest BCUT2D eigenvalue weighted by molar-refractivity contribution is 5.94. The zero-order valence-corrected chi connectivity index (χ0v) is 17.2. The SMILES string of the molecule is COc1ncc(C(=O)N2CCC3(CC2)CC(Cn2cnc4ccccc42)OC3=O)cn1. The molecule has 0 saturated carbocycles. The Morgan fingerprint density at radius 2 is 1.94 bits per heavy atom. The molecule has 2 aromatic heterocycles. The lowest BCUT2D eigenvalue weighted by Gasteiger charge is -2.36. The van der Waals surface area contributed by atoms with Gasteiger partial charge in [-0.1, -0.05) is 12.1 Å². The summed E-state index contributed by atoms with van der Waals surface area (Å²) in [6, 6.07) is 8.14. The van der Waals surface area contributed by atoms with Crippen molar-refractivity contribution in [3.05, 3.63) is 48.5 Å². The fourth-order valence-electron chi connectivity index (χ4n) is 4.57. The summed E-state index contributed by atoms with van der Waals surface area (Å²) in [4.78, 5) is 39.7. The van der Waals surface area contributed by atoms with E-state index in [1.54, 1.807) is 11.2 Å². The van der Waals surface area contributed by atoms with Crippen LogP contribution in [0.25, 0.3) is 11.0 Å². The van der Waals surface area contributed by atoms with E-state index in [4.69, 9.17) is 9.47 Å².